The lowest BCUT2D eigenvalue weighted by atomic mass is 10.1. The summed E-state index contributed by atoms with van der Waals surface area (Å²) in [5, 5.41) is 11.0. The predicted octanol–water partition coefficient (Wildman–Crippen LogP) is 2.06. The lowest BCUT2D eigenvalue weighted by Gasteiger charge is -2.22. The Morgan fingerprint density at radius 1 is 1.15 bits per heavy atom. The SMILES string of the molecule is CC1(c2nccc(NC(=O)N3CCCN(c4cccnn4)CC3)n2)CC1. The summed E-state index contributed by atoms with van der Waals surface area (Å²) in [6.07, 6.45) is 6.49. The van der Waals surface area contributed by atoms with Crippen LogP contribution in [0.4, 0.5) is 16.4 Å². The molecule has 1 N–H and O–H groups in total. The highest BCUT2D eigenvalue weighted by Gasteiger charge is 2.42. The molecule has 0 aromatic carbocycles. The van der Waals surface area contributed by atoms with E-state index in [0.717, 1.165) is 44.0 Å². The molecule has 1 aliphatic carbocycles. The van der Waals surface area contributed by atoms with Crippen LogP contribution in [-0.2, 0) is 5.41 Å². The van der Waals surface area contributed by atoms with Crippen LogP contribution in [0.5, 0.6) is 0 Å². The minimum Gasteiger partial charge on any atom is -0.353 e. The van der Waals surface area contributed by atoms with Crippen molar-refractivity contribution in [3.05, 3.63) is 36.4 Å². The number of anilines is 2. The van der Waals surface area contributed by atoms with Gasteiger partial charge in [0.2, 0.25) is 0 Å². The summed E-state index contributed by atoms with van der Waals surface area (Å²) >= 11 is 0. The van der Waals surface area contributed by atoms with E-state index in [2.05, 4.69) is 37.3 Å². The fourth-order valence-electron chi connectivity index (χ4n) is 3.13. The van der Waals surface area contributed by atoms with E-state index >= 15 is 0 Å². The number of hydrogen-bond donors (Lipinski definition) is 1. The molecule has 2 aromatic rings. The maximum absolute atomic E-state index is 12.6. The van der Waals surface area contributed by atoms with Gasteiger partial charge in [0.25, 0.3) is 0 Å². The number of amides is 2. The first kappa shape index (κ1) is 16.7. The molecule has 1 saturated carbocycles. The Morgan fingerprint density at radius 2 is 2.04 bits per heavy atom. The lowest BCUT2D eigenvalue weighted by molar-refractivity contribution is 0.215. The van der Waals surface area contributed by atoms with Crippen LogP contribution >= 0.6 is 0 Å². The molecule has 2 fully saturated rings. The van der Waals surface area contributed by atoms with Gasteiger partial charge in [-0.3, -0.25) is 5.32 Å². The van der Waals surface area contributed by atoms with Crippen molar-refractivity contribution in [2.75, 3.05) is 36.4 Å². The maximum Gasteiger partial charge on any atom is 0.323 e. The Morgan fingerprint density at radius 3 is 2.81 bits per heavy atom. The van der Waals surface area contributed by atoms with Crippen LogP contribution in [0.3, 0.4) is 0 Å². The summed E-state index contributed by atoms with van der Waals surface area (Å²) in [5.74, 6) is 2.25. The molecule has 2 amide bonds. The van der Waals surface area contributed by atoms with Gasteiger partial charge in [-0.25, -0.2) is 14.8 Å². The van der Waals surface area contributed by atoms with Gasteiger partial charge in [0.15, 0.2) is 5.82 Å². The molecule has 0 spiro atoms. The Balaban J connectivity index is 1.38. The molecule has 0 radical (unpaired) electrons. The quantitative estimate of drug-likeness (QED) is 0.909. The number of urea groups is 1. The summed E-state index contributed by atoms with van der Waals surface area (Å²) in [4.78, 5) is 25.5. The summed E-state index contributed by atoms with van der Waals surface area (Å²) in [6.45, 7) is 5.10. The van der Waals surface area contributed by atoms with E-state index in [1.54, 1.807) is 18.5 Å². The third-order valence-electron chi connectivity index (χ3n) is 5.10. The smallest absolute Gasteiger partial charge is 0.323 e. The zero-order chi connectivity index (χ0) is 18.0. The Hall–Kier alpha value is -2.77. The average molecular weight is 353 g/mol. The van der Waals surface area contributed by atoms with Gasteiger partial charge in [0, 0.05) is 44.0 Å². The minimum atomic E-state index is -0.114. The Bertz CT molecular complexity index is 778. The molecule has 1 saturated heterocycles. The first-order valence-corrected chi connectivity index (χ1v) is 9.06. The summed E-state index contributed by atoms with van der Waals surface area (Å²) in [5.41, 5.74) is 0.0839. The van der Waals surface area contributed by atoms with Crippen LogP contribution in [0.1, 0.15) is 32.0 Å². The first-order valence-electron chi connectivity index (χ1n) is 9.06. The molecule has 1 aliphatic heterocycles. The highest BCUT2D eigenvalue weighted by molar-refractivity contribution is 5.88. The molecular formula is C18H23N7O. The zero-order valence-corrected chi connectivity index (χ0v) is 14.9. The summed E-state index contributed by atoms with van der Waals surface area (Å²) in [6, 6.07) is 5.46. The number of nitrogens with zero attached hydrogens (tertiary/aromatic N) is 6. The standard InChI is InChI=1S/C18H23N7O/c1-18(6-7-18)16-19-9-5-14(21-16)22-17(26)25-11-3-10-24(12-13-25)15-4-2-8-20-23-15/h2,4-5,8-9H,3,6-7,10-13H2,1H3,(H,19,21,22,26). The maximum atomic E-state index is 12.6. The van der Waals surface area contributed by atoms with E-state index in [0.29, 0.717) is 18.9 Å². The molecule has 26 heavy (non-hydrogen) atoms. The minimum absolute atomic E-state index is 0.0839. The van der Waals surface area contributed by atoms with E-state index in [-0.39, 0.29) is 11.4 Å². The third-order valence-corrected chi connectivity index (χ3v) is 5.10. The first-order chi connectivity index (χ1) is 12.6. The lowest BCUT2D eigenvalue weighted by Crippen LogP contribution is -2.38. The van der Waals surface area contributed by atoms with Crippen LogP contribution in [-0.4, -0.2) is 57.3 Å². The topological polar surface area (TPSA) is 87.1 Å². The number of carbonyl (C=O) groups excluding carboxylic acids is 1. The van der Waals surface area contributed by atoms with Gasteiger partial charge in [-0.15, -0.1) is 5.10 Å². The molecular weight excluding hydrogens is 330 g/mol. The van der Waals surface area contributed by atoms with Crippen molar-refractivity contribution in [1.82, 2.24) is 25.1 Å². The second-order valence-corrected chi connectivity index (χ2v) is 7.17. The van der Waals surface area contributed by atoms with Crippen molar-refractivity contribution in [3.63, 3.8) is 0 Å². The van der Waals surface area contributed by atoms with Crippen molar-refractivity contribution in [3.8, 4) is 0 Å². The molecule has 8 nitrogen and oxygen atoms in total. The summed E-state index contributed by atoms with van der Waals surface area (Å²) < 4.78 is 0. The van der Waals surface area contributed by atoms with Crippen LogP contribution < -0.4 is 10.2 Å². The number of rotatable bonds is 3. The van der Waals surface area contributed by atoms with E-state index in [4.69, 9.17) is 0 Å². The molecule has 8 heteroatoms. The molecule has 3 heterocycles. The highest BCUT2D eigenvalue weighted by atomic mass is 16.2. The van der Waals surface area contributed by atoms with Crippen molar-refractivity contribution in [2.45, 2.75) is 31.6 Å². The van der Waals surface area contributed by atoms with Crippen LogP contribution in [0.25, 0.3) is 0 Å². The molecule has 0 unspecified atom stereocenters. The van der Waals surface area contributed by atoms with Crippen LogP contribution in [0.15, 0.2) is 30.6 Å². The van der Waals surface area contributed by atoms with E-state index < -0.39 is 0 Å². The molecule has 2 aromatic heterocycles. The zero-order valence-electron chi connectivity index (χ0n) is 14.9. The van der Waals surface area contributed by atoms with Crippen molar-refractivity contribution in [2.24, 2.45) is 0 Å². The van der Waals surface area contributed by atoms with Gasteiger partial charge < -0.3 is 9.80 Å². The number of hydrogen-bond acceptors (Lipinski definition) is 6. The fourth-order valence-corrected chi connectivity index (χ4v) is 3.13. The Labute approximate surface area is 152 Å². The van der Waals surface area contributed by atoms with E-state index in [9.17, 15) is 4.79 Å². The fraction of sp³-hybridized carbons (Fsp3) is 0.500. The van der Waals surface area contributed by atoms with Crippen molar-refractivity contribution >= 4 is 17.7 Å². The van der Waals surface area contributed by atoms with E-state index in [1.807, 2.05) is 17.0 Å². The number of aromatic nitrogens is 4. The summed E-state index contributed by atoms with van der Waals surface area (Å²) in [7, 11) is 0. The van der Waals surface area contributed by atoms with Gasteiger partial charge in [0.05, 0.1) is 0 Å². The molecule has 0 bridgehead atoms. The average Bonchev–Trinajstić information content (AvgIpc) is 3.46. The van der Waals surface area contributed by atoms with Crippen LogP contribution in [0.2, 0.25) is 0 Å². The number of nitrogens with one attached hydrogen (secondary N) is 1. The number of carbonyl (C=O) groups is 1. The molecule has 136 valence electrons. The van der Waals surface area contributed by atoms with Gasteiger partial charge in [0.1, 0.15) is 11.6 Å². The Kier molecular flexibility index (Phi) is 4.40. The predicted molar refractivity (Wildman–Crippen MR) is 98.1 cm³/mol. The van der Waals surface area contributed by atoms with Crippen molar-refractivity contribution in [1.29, 1.82) is 0 Å². The molecule has 4 rings (SSSR count). The van der Waals surface area contributed by atoms with Gasteiger partial charge in [-0.05, 0) is 37.5 Å². The molecule has 2 aliphatic rings. The van der Waals surface area contributed by atoms with Gasteiger partial charge in [-0.2, -0.15) is 5.10 Å². The van der Waals surface area contributed by atoms with Crippen LogP contribution in [0, 0.1) is 0 Å². The normalized spacial score (nSPS) is 19.0. The van der Waals surface area contributed by atoms with Crippen molar-refractivity contribution < 1.29 is 4.79 Å². The third kappa shape index (κ3) is 3.58. The monoisotopic (exact) mass is 353 g/mol. The highest BCUT2D eigenvalue weighted by Crippen LogP contribution is 2.45. The van der Waals surface area contributed by atoms with E-state index in [1.165, 1.54) is 0 Å². The second kappa shape index (κ2) is 6.86. The molecule has 0 atom stereocenters. The second-order valence-electron chi connectivity index (χ2n) is 7.17. The largest absolute Gasteiger partial charge is 0.353 e. The van der Waals surface area contributed by atoms with Gasteiger partial charge in [-0.1, -0.05) is 6.92 Å². The van der Waals surface area contributed by atoms with Gasteiger partial charge >= 0.3 is 6.03 Å².